The van der Waals surface area contributed by atoms with Gasteiger partial charge in [0.05, 0.1) is 10.2 Å². The summed E-state index contributed by atoms with van der Waals surface area (Å²) in [6, 6.07) is 7.12. The predicted molar refractivity (Wildman–Crippen MR) is 78.5 cm³/mol. The zero-order valence-corrected chi connectivity index (χ0v) is 11.5. The molecular weight excluding hydrogens is 260 g/mol. The number of nitrogens with two attached hydrogens (primary N) is 2. The van der Waals surface area contributed by atoms with Crippen LogP contribution in [-0.2, 0) is 0 Å². The van der Waals surface area contributed by atoms with Gasteiger partial charge in [-0.15, -0.1) is 11.3 Å². The van der Waals surface area contributed by atoms with Crippen LogP contribution in [0.25, 0.3) is 10.2 Å². The fourth-order valence-electron chi connectivity index (χ4n) is 1.83. The van der Waals surface area contributed by atoms with Crippen molar-refractivity contribution in [3.63, 3.8) is 0 Å². The molecule has 1 aromatic carbocycles. The normalized spacial score (nSPS) is 12.3. The molecule has 19 heavy (non-hydrogen) atoms. The first-order valence-corrected chi connectivity index (χ1v) is 6.92. The molecule has 1 heterocycles. The maximum atomic E-state index is 12.4. The molecule has 4 N–H and O–H groups in total. The van der Waals surface area contributed by atoms with Gasteiger partial charge in [0.2, 0.25) is 5.78 Å². The lowest BCUT2D eigenvalue weighted by Crippen LogP contribution is -2.29. The molecule has 0 amide bonds. The number of carbonyl (C=O) groups is 1. The Balaban J connectivity index is 2.32. The lowest BCUT2D eigenvalue weighted by molar-refractivity contribution is 0.0957. The van der Waals surface area contributed by atoms with Gasteiger partial charge < -0.3 is 11.5 Å². The van der Waals surface area contributed by atoms with Crippen molar-refractivity contribution in [2.45, 2.75) is 25.8 Å². The Hall–Kier alpha value is -1.95. The fourth-order valence-corrected chi connectivity index (χ4v) is 2.78. The lowest BCUT2D eigenvalue weighted by Gasteiger charge is -2.08. The van der Waals surface area contributed by atoms with E-state index in [2.05, 4.69) is 9.98 Å². The van der Waals surface area contributed by atoms with E-state index in [1.54, 1.807) is 0 Å². The highest BCUT2D eigenvalue weighted by Gasteiger charge is 2.22. The number of carbonyl (C=O) groups excluding carboxylic acids is 1. The molecule has 0 fully saturated rings. The zero-order valence-electron chi connectivity index (χ0n) is 10.7. The molecule has 0 saturated carbocycles. The second-order valence-electron chi connectivity index (χ2n) is 4.21. The fraction of sp³-hybridized carbons (Fsp3) is 0.308. The first kappa shape index (κ1) is 13.5. The number of aromatic nitrogens is 1. The summed E-state index contributed by atoms with van der Waals surface area (Å²) in [5.41, 5.74) is 11.6. The molecule has 0 aliphatic heterocycles. The molecule has 6 heteroatoms. The van der Waals surface area contributed by atoms with E-state index in [1.165, 1.54) is 11.3 Å². The first-order valence-electron chi connectivity index (χ1n) is 6.10. The number of guanidine groups is 1. The van der Waals surface area contributed by atoms with Gasteiger partial charge in [0.1, 0.15) is 6.04 Å². The van der Waals surface area contributed by atoms with Gasteiger partial charge in [-0.3, -0.25) is 4.79 Å². The number of nitrogens with zero attached hydrogens (tertiary/aromatic N) is 2. The molecule has 2 aromatic rings. The molecule has 2 rings (SSSR count). The SMILES string of the molecule is CCCC(N=C(N)N)C(=O)c1nc2ccccc2s1. The van der Waals surface area contributed by atoms with Crippen molar-refractivity contribution in [3.8, 4) is 0 Å². The number of thiazole rings is 1. The Bertz CT molecular complexity index is 583. The van der Waals surface area contributed by atoms with E-state index in [-0.39, 0.29) is 11.7 Å². The molecular formula is C13H16N4OS. The number of hydrogen-bond donors (Lipinski definition) is 2. The van der Waals surface area contributed by atoms with Crippen LogP contribution in [0.3, 0.4) is 0 Å². The Labute approximate surface area is 115 Å². The first-order chi connectivity index (χ1) is 9.11. The molecule has 1 atom stereocenters. The number of hydrogen-bond acceptors (Lipinski definition) is 4. The maximum Gasteiger partial charge on any atom is 0.215 e. The third-order valence-electron chi connectivity index (χ3n) is 2.67. The van der Waals surface area contributed by atoms with Gasteiger partial charge in [-0.25, -0.2) is 9.98 Å². The van der Waals surface area contributed by atoms with E-state index in [0.717, 1.165) is 16.6 Å². The molecule has 100 valence electrons. The summed E-state index contributed by atoms with van der Waals surface area (Å²) >= 11 is 1.38. The highest BCUT2D eigenvalue weighted by Crippen LogP contribution is 2.23. The third-order valence-corrected chi connectivity index (χ3v) is 3.73. The Morgan fingerprint density at radius 3 is 2.79 bits per heavy atom. The van der Waals surface area contributed by atoms with Gasteiger partial charge in [0.25, 0.3) is 0 Å². The Morgan fingerprint density at radius 1 is 1.42 bits per heavy atom. The Kier molecular flexibility index (Phi) is 4.11. The second kappa shape index (κ2) is 5.79. The molecule has 0 spiro atoms. The number of aliphatic imine (C=N–C) groups is 1. The van der Waals surface area contributed by atoms with Gasteiger partial charge in [-0.2, -0.15) is 0 Å². The number of ketones is 1. The summed E-state index contributed by atoms with van der Waals surface area (Å²) in [7, 11) is 0. The minimum absolute atomic E-state index is 0.0621. The van der Waals surface area contributed by atoms with Crippen LogP contribution in [0.1, 0.15) is 29.6 Å². The van der Waals surface area contributed by atoms with Crippen molar-refractivity contribution in [1.82, 2.24) is 4.98 Å². The summed E-state index contributed by atoms with van der Waals surface area (Å²) < 4.78 is 0.991. The van der Waals surface area contributed by atoms with E-state index in [9.17, 15) is 4.79 Å². The average molecular weight is 276 g/mol. The molecule has 0 saturated heterocycles. The van der Waals surface area contributed by atoms with E-state index in [0.29, 0.717) is 11.4 Å². The standard InChI is InChI=1S/C13H16N4OS/c1-2-5-9(17-13(14)15)11(18)12-16-8-6-3-4-7-10(8)19-12/h3-4,6-7,9H,2,5H2,1H3,(H4,14,15,17). The van der Waals surface area contributed by atoms with Crippen molar-refractivity contribution in [1.29, 1.82) is 0 Å². The number of para-hydroxylation sites is 1. The van der Waals surface area contributed by atoms with Crippen molar-refractivity contribution in [3.05, 3.63) is 29.3 Å². The van der Waals surface area contributed by atoms with Gasteiger partial charge in [-0.05, 0) is 18.6 Å². The smallest absolute Gasteiger partial charge is 0.215 e. The van der Waals surface area contributed by atoms with Gasteiger partial charge in [-0.1, -0.05) is 25.5 Å². The van der Waals surface area contributed by atoms with Crippen molar-refractivity contribution in [2.24, 2.45) is 16.5 Å². The maximum absolute atomic E-state index is 12.4. The van der Waals surface area contributed by atoms with Crippen LogP contribution in [0, 0.1) is 0 Å². The van der Waals surface area contributed by atoms with Crippen molar-refractivity contribution < 1.29 is 4.79 Å². The molecule has 5 nitrogen and oxygen atoms in total. The molecule has 0 aliphatic carbocycles. The van der Waals surface area contributed by atoms with E-state index < -0.39 is 6.04 Å². The van der Waals surface area contributed by atoms with Crippen LogP contribution < -0.4 is 11.5 Å². The lowest BCUT2D eigenvalue weighted by atomic mass is 10.1. The van der Waals surface area contributed by atoms with Crippen LogP contribution in [-0.4, -0.2) is 22.8 Å². The number of fused-ring (bicyclic) bond motifs is 1. The predicted octanol–water partition coefficient (Wildman–Crippen LogP) is 1.92. The van der Waals surface area contributed by atoms with Crippen LogP contribution in [0.15, 0.2) is 29.3 Å². The zero-order chi connectivity index (χ0) is 13.8. The van der Waals surface area contributed by atoms with E-state index in [1.807, 2.05) is 31.2 Å². The summed E-state index contributed by atoms with van der Waals surface area (Å²) in [6.45, 7) is 1.99. The molecule has 0 aliphatic rings. The number of benzene rings is 1. The minimum atomic E-state index is -0.532. The summed E-state index contributed by atoms with van der Waals surface area (Å²) in [5, 5.41) is 0.463. The molecule has 1 unspecified atom stereocenters. The van der Waals surface area contributed by atoms with Gasteiger partial charge in [0, 0.05) is 0 Å². The van der Waals surface area contributed by atoms with E-state index in [4.69, 9.17) is 11.5 Å². The van der Waals surface area contributed by atoms with Crippen molar-refractivity contribution >= 4 is 33.3 Å². The van der Waals surface area contributed by atoms with Crippen LogP contribution in [0.2, 0.25) is 0 Å². The third kappa shape index (κ3) is 3.08. The summed E-state index contributed by atoms with van der Waals surface area (Å²) in [6.07, 6.45) is 1.45. The highest BCUT2D eigenvalue weighted by atomic mass is 32.1. The van der Waals surface area contributed by atoms with Crippen LogP contribution in [0.5, 0.6) is 0 Å². The number of rotatable bonds is 5. The largest absolute Gasteiger partial charge is 0.370 e. The molecule has 1 aromatic heterocycles. The molecule has 0 bridgehead atoms. The Morgan fingerprint density at radius 2 is 2.16 bits per heavy atom. The summed E-state index contributed by atoms with van der Waals surface area (Å²) in [5.74, 6) is -0.177. The molecule has 0 radical (unpaired) electrons. The summed E-state index contributed by atoms with van der Waals surface area (Å²) in [4.78, 5) is 20.7. The van der Waals surface area contributed by atoms with Crippen LogP contribution >= 0.6 is 11.3 Å². The highest BCUT2D eigenvalue weighted by molar-refractivity contribution is 7.20. The minimum Gasteiger partial charge on any atom is -0.370 e. The second-order valence-corrected chi connectivity index (χ2v) is 5.24. The van der Waals surface area contributed by atoms with Gasteiger partial charge in [0.15, 0.2) is 11.0 Å². The van der Waals surface area contributed by atoms with Crippen LogP contribution in [0.4, 0.5) is 0 Å². The topological polar surface area (TPSA) is 94.4 Å². The van der Waals surface area contributed by atoms with E-state index >= 15 is 0 Å². The van der Waals surface area contributed by atoms with Crippen molar-refractivity contribution in [2.75, 3.05) is 0 Å². The average Bonchev–Trinajstić information content (AvgIpc) is 2.80. The number of Topliss-reactive ketones (excluding diaryl/α,β-unsaturated/α-hetero) is 1. The quantitative estimate of drug-likeness (QED) is 0.495. The monoisotopic (exact) mass is 276 g/mol. The van der Waals surface area contributed by atoms with Gasteiger partial charge >= 0.3 is 0 Å².